The van der Waals surface area contributed by atoms with Crippen LogP contribution in [0.3, 0.4) is 0 Å². The summed E-state index contributed by atoms with van der Waals surface area (Å²) in [5, 5.41) is 5.46. The van der Waals surface area contributed by atoms with Gasteiger partial charge in [-0.1, -0.05) is 19.8 Å². The summed E-state index contributed by atoms with van der Waals surface area (Å²) in [5.74, 6) is -1.47. The Morgan fingerprint density at radius 2 is 2.00 bits per heavy atom. The second kappa shape index (κ2) is 8.17. The Hall–Kier alpha value is -2.57. The zero-order valence-electron chi connectivity index (χ0n) is 12.8. The van der Waals surface area contributed by atoms with Gasteiger partial charge in [-0.15, -0.1) is 0 Å². The topological polar surface area (TPSA) is 66.9 Å². The van der Waals surface area contributed by atoms with Crippen LogP contribution in [0.5, 0.6) is 0 Å². The first-order chi connectivity index (χ1) is 11.1. The normalized spacial score (nSPS) is 10.4. The molecule has 1 heterocycles. The molecule has 0 aliphatic rings. The smallest absolute Gasteiger partial charge is 0.270 e. The maximum Gasteiger partial charge on any atom is 0.270 e. The molecule has 1 amide bonds. The van der Waals surface area contributed by atoms with E-state index in [0.717, 1.165) is 31.4 Å². The number of anilines is 2. The fraction of sp³-hybridized carbons (Fsp3) is 0.312. The summed E-state index contributed by atoms with van der Waals surface area (Å²) in [4.78, 5) is 19.8. The SMILES string of the molecule is CCCCCNC(=O)c1cc(Nc2ccc(F)cc2F)ncn1. The summed E-state index contributed by atoms with van der Waals surface area (Å²) in [6.45, 7) is 2.66. The van der Waals surface area contributed by atoms with Gasteiger partial charge >= 0.3 is 0 Å². The Bertz CT molecular complexity index is 679. The first-order valence-corrected chi connectivity index (χ1v) is 7.42. The van der Waals surface area contributed by atoms with Gasteiger partial charge in [0.1, 0.15) is 29.5 Å². The van der Waals surface area contributed by atoms with Crippen molar-refractivity contribution in [3.63, 3.8) is 0 Å². The van der Waals surface area contributed by atoms with Crippen molar-refractivity contribution in [3.8, 4) is 0 Å². The van der Waals surface area contributed by atoms with Crippen LogP contribution in [-0.2, 0) is 0 Å². The molecule has 1 aromatic heterocycles. The highest BCUT2D eigenvalue weighted by Gasteiger charge is 2.10. The van der Waals surface area contributed by atoms with Crippen molar-refractivity contribution >= 4 is 17.4 Å². The van der Waals surface area contributed by atoms with Crippen LogP contribution in [0.15, 0.2) is 30.6 Å². The molecule has 0 bridgehead atoms. The van der Waals surface area contributed by atoms with Gasteiger partial charge < -0.3 is 10.6 Å². The van der Waals surface area contributed by atoms with Gasteiger partial charge in [-0.2, -0.15) is 0 Å². The molecule has 2 N–H and O–H groups in total. The fourth-order valence-corrected chi connectivity index (χ4v) is 1.95. The minimum Gasteiger partial charge on any atom is -0.351 e. The molecule has 7 heteroatoms. The van der Waals surface area contributed by atoms with Gasteiger partial charge in [0.15, 0.2) is 0 Å². The molecule has 2 aromatic rings. The van der Waals surface area contributed by atoms with Gasteiger partial charge in [0.2, 0.25) is 0 Å². The minimum atomic E-state index is -0.742. The van der Waals surface area contributed by atoms with E-state index in [1.807, 2.05) is 0 Å². The number of aromatic nitrogens is 2. The van der Waals surface area contributed by atoms with Crippen molar-refractivity contribution in [3.05, 3.63) is 47.9 Å². The van der Waals surface area contributed by atoms with Crippen molar-refractivity contribution < 1.29 is 13.6 Å². The summed E-state index contributed by atoms with van der Waals surface area (Å²) in [6.07, 6.45) is 4.23. The molecule has 0 radical (unpaired) electrons. The number of carbonyl (C=O) groups is 1. The monoisotopic (exact) mass is 320 g/mol. The van der Waals surface area contributed by atoms with Gasteiger partial charge in [0.05, 0.1) is 5.69 Å². The number of hydrogen-bond acceptors (Lipinski definition) is 4. The first kappa shape index (κ1) is 16.8. The largest absolute Gasteiger partial charge is 0.351 e. The molecule has 0 aliphatic heterocycles. The molecule has 0 unspecified atom stereocenters. The van der Waals surface area contributed by atoms with Crippen LogP contribution in [0.25, 0.3) is 0 Å². The highest BCUT2D eigenvalue weighted by Crippen LogP contribution is 2.19. The second-order valence-corrected chi connectivity index (χ2v) is 5.00. The molecular weight excluding hydrogens is 302 g/mol. The van der Waals surface area contributed by atoms with Crippen molar-refractivity contribution in [2.45, 2.75) is 26.2 Å². The van der Waals surface area contributed by atoms with E-state index in [2.05, 4.69) is 27.5 Å². The molecule has 0 saturated heterocycles. The van der Waals surface area contributed by atoms with E-state index in [-0.39, 0.29) is 23.1 Å². The molecule has 0 spiro atoms. The Morgan fingerprint density at radius 1 is 1.17 bits per heavy atom. The lowest BCUT2D eigenvalue weighted by Crippen LogP contribution is -2.25. The molecule has 0 fully saturated rings. The second-order valence-electron chi connectivity index (χ2n) is 5.00. The van der Waals surface area contributed by atoms with Crippen molar-refractivity contribution in [1.29, 1.82) is 0 Å². The van der Waals surface area contributed by atoms with Crippen LogP contribution in [0, 0.1) is 11.6 Å². The zero-order valence-corrected chi connectivity index (χ0v) is 12.8. The number of hydrogen-bond donors (Lipinski definition) is 2. The lowest BCUT2D eigenvalue weighted by atomic mass is 10.2. The van der Waals surface area contributed by atoms with Crippen molar-refractivity contribution in [2.24, 2.45) is 0 Å². The fourth-order valence-electron chi connectivity index (χ4n) is 1.95. The summed E-state index contributed by atoms with van der Waals surface area (Å²) in [5.41, 5.74) is 0.251. The van der Waals surface area contributed by atoms with Crippen LogP contribution >= 0.6 is 0 Å². The van der Waals surface area contributed by atoms with Gasteiger partial charge in [0.25, 0.3) is 5.91 Å². The number of halogens is 2. The van der Waals surface area contributed by atoms with Gasteiger partial charge in [-0.3, -0.25) is 4.79 Å². The first-order valence-electron chi connectivity index (χ1n) is 7.42. The Labute approximate surface area is 133 Å². The van der Waals surface area contributed by atoms with Crippen LogP contribution < -0.4 is 10.6 Å². The van der Waals surface area contributed by atoms with Crippen LogP contribution in [0.4, 0.5) is 20.3 Å². The number of nitrogens with zero attached hydrogens (tertiary/aromatic N) is 2. The number of nitrogens with one attached hydrogen (secondary N) is 2. The molecule has 5 nitrogen and oxygen atoms in total. The molecule has 122 valence electrons. The number of unbranched alkanes of at least 4 members (excludes halogenated alkanes) is 2. The van der Waals surface area contributed by atoms with Crippen molar-refractivity contribution in [1.82, 2.24) is 15.3 Å². The Kier molecular flexibility index (Phi) is 5.96. The van der Waals surface area contributed by atoms with Crippen molar-refractivity contribution in [2.75, 3.05) is 11.9 Å². The predicted octanol–water partition coefficient (Wildman–Crippen LogP) is 3.42. The van der Waals surface area contributed by atoms with Gasteiger partial charge in [-0.25, -0.2) is 18.7 Å². The lowest BCUT2D eigenvalue weighted by molar-refractivity contribution is 0.0948. The summed E-state index contributed by atoms with van der Waals surface area (Å²) in [6, 6.07) is 4.58. The number of benzene rings is 1. The summed E-state index contributed by atoms with van der Waals surface area (Å²) >= 11 is 0. The number of rotatable bonds is 7. The average Bonchev–Trinajstić information content (AvgIpc) is 2.54. The average molecular weight is 320 g/mol. The molecular formula is C16H18F2N4O. The van der Waals surface area contributed by atoms with E-state index in [1.54, 1.807) is 0 Å². The minimum absolute atomic E-state index is 0.0689. The maximum atomic E-state index is 13.6. The third-order valence-electron chi connectivity index (χ3n) is 3.16. The van der Waals surface area contributed by atoms with Crippen LogP contribution in [0.1, 0.15) is 36.7 Å². The van der Waals surface area contributed by atoms with Gasteiger partial charge in [-0.05, 0) is 18.6 Å². The molecule has 1 aromatic carbocycles. The van der Waals surface area contributed by atoms with E-state index < -0.39 is 11.6 Å². The van der Waals surface area contributed by atoms with E-state index in [9.17, 15) is 13.6 Å². The van der Waals surface area contributed by atoms with E-state index >= 15 is 0 Å². The number of amides is 1. The van der Waals surface area contributed by atoms with Crippen LogP contribution in [-0.4, -0.2) is 22.4 Å². The molecule has 23 heavy (non-hydrogen) atoms. The molecule has 0 saturated carbocycles. The zero-order chi connectivity index (χ0) is 16.7. The number of carbonyl (C=O) groups excluding carboxylic acids is 1. The third-order valence-corrected chi connectivity index (χ3v) is 3.16. The Balaban J connectivity index is 2.03. The molecule has 2 rings (SSSR count). The van der Waals surface area contributed by atoms with E-state index in [1.165, 1.54) is 18.5 Å². The third kappa shape index (κ3) is 4.98. The van der Waals surface area contributed by atoms with Gasteiger partial charge in [0, 0.05) is 18.7 Å². The molecule has 0 aliphatic carbocycles. The summed E-state index contributed by atoms with van der Waals surface area (Å²) in [7, 11) is 0. The van der Waals surface area contributed by atoms with E-state index in [4.69, 9.17) is 0 Å². The predicted molar refractivity (Wildman–Crippen MR) is 83.5 cm³/mol. The van der Waals surface area contributed by atoms with E-state index in [0.29, 0.717) is 6.54 Å². The van der Waals surface area contributed by atoms with Crippen LogP contribution in [0.2, 0.25) is 0 Å². The highest BCUT2D eigenvalue weighted by atomic mass is 19.1. The maximum absolute atomic E-state index is 13.6. The quantitative estimate of drug-likeness (QED) is 0.767. The lowest BCUT2D eigenvalue weighted by Gasteiger charge is -2.08. The highest BCUT2D eigenvalue weighted by molar-refractivity contribution is 5.92. The standard InChI is InChI=1S/C16H18F2N4O/c1-2-3-4-7-19-16(23)14-9-15(21-10-20-14)22-13-6-5-11(17)8-12(13)18/h5-6,8-10H,2-4,7H2,1H3,(H,19,23)(H,20,21,22). The Morgan fingerprint density at radius 3 is 2.74 bits per heavy atom. The molecule has 0 atom stereocenters. The summed E-state index contributed by atoms with van der Waals surface area (Å²) < 4.78 is 26.5.